The van der Waals surface area contributed by atoms with Crippen LogP contribution in [0.3, 0.4) is 0 Å². The largest absolute Gasteiger partial charge is 0.494 e. The predicted octanol–water partition coefficient (Wildman–Crippen LogP) is 2.86. The molecule has 0 aliphatic heterocycles. The van der Waals surface area contributed by atoms with Gasteiger partial charge in [-0.3, -0.25) is 14.5 Å². The highest BCUT2D eigenvalue weighted by atomic mass is 16.5. The third-order valence-corrected chi connectivity index (χ3v) is 3.92. The van der Waals surface area contributed by atoms with Crippen LogP contribution in [0.4, 0.5) is 5.69 Å². The number of benzene rings is 2. The summed E-state index contributed by atoms with van der Waals surface area (Å²) < 4.78 is 5.43. The molecule has 2 aromatic carbocycles. The Morgan fingerprint density at radius 3 is 2.15 bits per heavy atom. The minimum atomic E-state index is -0.102. The van der Waals surface area contributed by atoms with E-state index in [9.17, 15) is 9.59 Å². The highest BCUT2D eigenvalue weighted by Crippen LogP contribution is 2.14. The SMILES string of the molecule is CCOc1ccc(CN(C)CC(=O)Nc2ccc(C(=O)N(C)C)cc2)cc1. The zero-order valence-electron chi connectivity index (χ0n) is 16.4. The second-order valence-electron chi connectivity index (χ2n) is 6.57. The van der Waals surface area contributed by atoms with Gasteiger partial charge in [-0.2, -0.15) is 0 Å². The highest BCUT2D eigenvalue weighted by Gasteiger charge is 2.10. The third-order valence-electron chi connectivity index (χ3n) is 3.92. The van der Waals surface area contributed by atoms with Crippen molar-refractivity contribution in [3.63, 3.8) is 0 Å². The van der Waals surface area contributed by atoms with E-state index in [-0.39, 0.29) is 18.4 Å². The zero-order chi connectivity index (χ0) is 19.8. The van der Waals surface area contributed by atoms with Gasteiger partial charge in [0.2, 0.25) is 5.91 Å². The van der Waals surface area contributed by atoms with E-state index in [1.54, 1.807) is 38.4 Å². The molecule has 0 aliphatic rings. The van der Waals surface area contributed by atoms with E-state index >= 15 is 0 Å². The van der Waals surface area contributed by atoms with Crippen LogP contribution in [0.5, 0.6) is 5.75 Å². The molecule has 0 aliphatic carbocycles. The first-order valence-corrected chi connectivity index (χ1v) is 8.91. The molecule has 6 nitrogen and oxygen atoms in total. The van der Waals surface area contributed by atoms with Gasteiger partial charge in [0.05, 0.1) is 13.2 Å². The van der Waals surface area contributed by atoms with E-state index in [1.165, 1.54) is 4.90 Å². The standard InChI is InChI=1S/C21H27N3O3/c1-5-27-19-12-6-16(7-13-19)14-24(4)15-20(25)22-18-10-8-17(9-11-18)21(26)23(2)3/h6-13H,5,14-15H2,1-4H3,(H,22,25). The Bertz CT molecular complexity index is 755. The lowest BCUT2D eigenvalue weighted by atomic mass is 10.2. The molecule has 1 N–H and O–H groups in total. The summed E-state index contributed by atoms with van der Waals surface area (Å²) in [5, 5.41) is 2.85. The quantitative estimate of drug-likeness (QED) is 0.777. The average Bonchev–Trinajstić information content (AvgIpc) is 2.63. The number of nitrogens with zero attached hydrogens (tertiary/aromatic N) is 2. The smallest absolute Gasteiger partial charge is 0.253 e. The molecule has 0 aromatic heterocycles. The molecule has 0 spiro atoms. The number of hydrogen-bond acceptors (Lipinski definition) is 4. The molecule has 0 bridgehead atoms. The van der Waals surface area contributed by atoms with Crippen LogP contribution in [0, 0.1) is 0 Å². The lowest BCUT2D eigenvalue weighted by molar-refractivity contribution is -0.117. The van der Waals surface area contributed by atoms with Gasteiger partial charge in [-0.05, 0) is 55.9 Å². The number of nitrogens with one attached hydrogen (secondary N) is 1. The summed E-state index contributed by atoms with van der Waals surface area (Å²) in [6.45, 7) is 3.53. The summed E-state index contributed by atoms with van der Waals surface area (Å²) in [7, 11) is 5.31. The van der Waals surface area contributed by atoms with Crippen LogP contribution >= 0.6 is 0 Å². The van der Waals surface area contributed by atoms with Gasteiger partial charge in [0, 0.05) is 31.9 Å². The van der Waals surface area contributed by atoms with Gasteiger partial charge in [-0.1, -0.05) is 12.1 Å². The van der Waals surface area contributed by atoms with Crippen LogP contribution < -0.4 is 10.1 Å². The summed E-state index contributed by atoms with van der Waals surface area (Å²) in [5.74, 6) is 0.677. The number of amides is 2. The fraction of sp³-hybridized carbons (Fsp3) is 0.333. The summed E-state index contributed by atoms with van der Waals surface area (Å²) in [6.07, 6.45) is 0. The first-order chi connectivity index (χ1) is 12.9. The Balaban J connectivity index is 1.84. The maximum Gasteiger partial charge on any atom is 0.253 e. The van der Waals surface area contributed by atoms with E-state index in [4.69, 9.17) is 4.74 Å². The molecule has 27 heavy (non-hydrogen) atoms. The Labute approximate surface area is 160 Å². The van der Waals surface area contributed by atoms with Crippen molar-refractivity contribution in [1.29, 1.82) is 0 Å². The fourth-order valence-electron chi connectivity index (χ4n) is 2.63. The van der Waals surface area contributed by atoms with E-state index in [1.807, 2.05) is 43.1 Å². The van der Waals surface area contributed by atoms with Crippen LogP contribution in [0.15, 0.2) is 48.5 Å². The van der Waals surface area contributed by atoms with E-state index in [2.05, 4.69) is 5.32 Å². The van der Waals surface area contributed by atoms with Crippen LogP contribution in [-0.2, 0) is 11.3 Å². The average molecular weight is 369 g/mol. The Morgan fingerprint density at radius 2 is 1.59 bits per heavy atom. The topological polar surface area (TPSA) is 61.9 Å². The molecule has 6 heteroatoms. The number of anilines is 1. The normalized spacial score (nSPS) is 10.6. The summed E-state index contributed by atoms with van der Waals surface area (Å²) >= 11 is 0. The summed E-state index contributed by atoms with van der Waals surface area (Å²) in [5.41, 5.74) is 2.37. The van der Waals surface area contributed by atoms with Gasteiger partial charge < -0.3 is 15.0 Å². The second-order valence-corrected chi connectivity index (χ2v) is 6.57. The molecule has 2 aromatic rings. The third kappa shape index (κ3) is 6.42. The van der Waals surface area contributed by atoms with Crippen LogP contribution in [0.1, 0.15) is 22.8 Å². The molecule has 144 valence electrons. The first kappa shape index (κ1) is 20.5. The second kappa shape index (κ2) is 9.73. The van der Waals surface area contributed by atoms with E-state index < -0.39 is 0 Å². The van der Waals surface area contributed by atoms with Crippen molar-refractivity contribution in [3.05, 3.63) is 59.7 Å². The lowest BCUT2D eigenvalue weighted by Gasteiger charge is -2.17. The zero-order valence-corrected chi connectivity index (χ0v) is 16.4. The lowest BCUT2D eigenvalue weighted by Crippen LogP contribution is -2.29. The minimum absolute atomic E-state index is 0.0667. The van der Waals surface area contributed by atoms with Crippen molar-refractivity contribution in [3.8, 4) is 5.75 Å². The Kier molecular flexibility index (Phi) is 7.37. The van der Waals surface area contributed by atoms with Crippen molar-refractivity contribution >= 4 is 17.5 Å². The van der Waals surface area contributed by atoms with Gasteiger partial charge in [0.25, 0.3) is 5.91 Å². The number of hydrogen-bond donors (Lipinski definition) is 1. The van der Waals surface area contributed by atoms with Crippen molar-refractivity contribution in [2.24, 2.45) is 0 Å². The fourth-order valence-corrected chi connectivity index (χ4v) is 2.63. The molecule has 0 saturated carbocycles. The van der Waals surface area contributed by atoms with Gasteiger partial charge >= 0.3 is 0 Å². The molecule has 2 amide bonds. The maximum atomic E-state index is 12.2. The van der Waals surface area contributed by atoms with Gasteiger partial charge in [-0.15, -0.1) is 0 Å². The number of carbonyl (C=O) groups excluding carboxylic acids is 2. The minimum Gasteiger partial charge on any atom is -0.494 e. The van der Waals surface area contributed by atoms with Crippen molar-refractivity contribution in [2.45, 2.75) is 13.5 Å². The first-order valence-electron chi connectivity index (χ1n) is 8.91. The molecule has 2 rings (SSSR count). The van der Waals surface area contributed by atoms with Crippen LogP contribution in [0.25, 0.3) is 0 Å². The molecular formula is C21H27N3O3. The molecule has 0 saturated heterocycles. The number of carbonyl (C=O) groups is 2. The molecule has 0 atom stereocenters. The Hall–Kier alpha value is -2.86. The van der Waals surface area contributed by atoms with Crippen LogP contribution in [0.2, 0.25) is 0 Å². The van der Waals surface area contributed by atoms with Gasteiger partial charge in [-0.25, -0.2) is 0 Å². The van der Waals surface area contributed by atoms with Crippen molar-refractivity contribution in [1.82, 2.24) is 9.80 Å². The van der Waals surface area contributed by atoms with Crippen molar-refractivity contribution in [2.75, 3.05) is 39.6 Å². The summed E-state index contributed by atoms with van der Waals surface area (Å²) in [6, 6.07) is 14.8. The molecule has 0 unspecified atom stereocenters. The molecular weight excluding hydrogens is 342 g/mol. The number of ether oxygens (including phenoxy) is 1. The maximum absolute atomic E-state index is 12.2. The number of likely N-dealkylation sites (N-methyl/N-ethyl adjacent to an activating group) is 1. The monoisotopic (exact) mass is 369 g/mol. The molecule has 0 radical (unpaired) electrons. The molecule has 0 fully saturated rings. The van der Waals surface area contributed by atoms with Gasteiger partial charge in [0.1, 0.15) is 5.75 Å². The van der Waals surface area contributed by atoms with E-state index in [0.717, 1.165) is 11.3 Å². The van der Waals surface area contributed by atoms with E-state index in [0.29, 0.717) is 24.4 Å². The van der Waals surface area contributed by atoms with Gasteiger partial charge in [0.15, 0.2) is 0 Å². The summed E-state index contributed by atoms with van der Waals surface area (Å²) in [4.78, 5) is 27.6. The Morgan fingerprint density at radius 1 is 0.963 bits per heavy atom. The highest BCUT2D eigenvalue weighted by molar-refractivity contribution is 5.95. The molecule has 0 heterocycles. The number of rotatable bonds is 8. The predicted molar refractivity (Wildman–Crippen MR) is 107 cm³/mol. The van der Waals surface area contributed by atoms with Crippen molar-refractivity contribution < 1.29 is 14.3 Å². The van der Waals surface area contributed by atoms with Crippen LogP contribution in [-0.4, -0.2) is 55.9 Å².